The van der Waals surface area contributed by atoms with E-state index in [1.807, 2.05) is 0 Å². The molecule has 1 aromatic rings. The van der Waals surface area contributed by atoms with Gasteiger partial charge in [0, 0.05) is 17.4 Å². The topological polar surface area (TPSA) is 61.4 Å². The van der Waals surface area contributed by atoms with Gasteiger partial charge in [-0.05, 0) is 65.2 Å². The number of methoxy groups -OCH3 is 1. The van der Waals surface area contributed by atoms with Crippen LogP contribution in [0.3, 0.4) is 0 Å². The predicted octanol–water partition coefficient (Wildman–Crippen LogP) is 4.04. The van der Waals surface area contributed by atoms with Gasteiger partial charge in [-0.25, -0.2) is 8.78 Å². The molecule has 7 heteroatoms. The molecule has 25 heavy (non-hydrogen) atoms. The average molecular weight is 375 g/mol. The van der Waals surface area contributed by atoms with Crippen molar-refractivity contribution in [2.45, 2.75) is 58.2 Å². The van der Waals surface area contributed by atoms with Crippen LogP contribution in [0.4, 0.5) is 8.78 Å². The smallest absolute Gasteiger partial charge is 0.311 e. The fourth-order valence-corrected chi connectivity index (χ4v) is 3.13. The summed E-state index contributed by atoms with van der Waals surface area (Å²) < 4.78 is 46.8. The molecule has 0 radical (unpaired) electrons. The first-order valence-corrected chi connectivity index (χ1v) is 9.24. The van der Waals surface area contributed by atoms with Gasteiger partial charge < -0.3 is 9.29 Å². The van der Waals surface area contributed by atoms with Crippen LogP contribution in [0, 0.1) is 17.0 Å². The van der Waals surface area contributed by atoms with Gasteiger partial charge in [0.25, 0.3) is 0 Å². The number of hydrogen-bond acceptors (Lipinski definition) is 4. The third-order valence-corrected chi connectivity index (χ3v) is 5.50. The summed E-state index contributed by atoms with van der Waals surface area (Å²) in [6, 6.07) is 2.66. The minimum absolute atomic E-state index is 0.357. The van der Waals surface area contributed by atoms with Crippen molar-refractivity contribution in [3.63, 3.8) is 0 Å². The summed E-state index contributed by atoms with van der Waals surface area (Å²) >= 11 is -1.43. The Hall–Kier alpha value is -1.18. The number of carbonyl (C=O) groups is 1. The quantitative estimate of drug-likeness (QED) is 0.577. The number of rotatable bonds is 7. The Morgan fingerprint density at radius 3 is 2.16 bits per heavy atom. The van der Waals surface area contributed by atoms with E-state index < -0.39 is 39.2 Å². The molecule has 0 amide bonds. The van der Waals surface area contributed by atoms with Gasteiger partial charge in [-0.2, -0.15) is 0 Å². The minimum atomic E-state index is -1.43. The Balaban J connectivity index is 3.05. The van der Waals surface area contributed by atoms with Gasteiger partial charge in [0.15, 0.2) is 0 Å². The molecule has 1 rings (SSSR count). The van der Waals surface area contributed by atoms with Crippen LogP contribution in [0.5, 0.6) is 0 Å². The van der Waals surface area contributed by atoms with Gasteiger partial charge in [0.2, 0.25) is 0 Å². The van der Waals surface area contributed by atoms with Crippen LogP contribution < -0.4 is 4.72 Å². The van der Waals surface area contributed by atoms with E-state index in [4.69, 9.17) is 4.74 Å². The first kappa shape index (κ1) is 21.9. The molecule has 4 nitrogen and oxygen atoms in total. The van der Waals surface area contributed by atoms with E-state index in [-0.39, 0.29) is 5.97 Å². The number of esters is 1. The highest BCUT2D eigenvalue weighted by molar-refractivity contribution is 7.90. The molecule has 0 heterocycles. The molecule has 0 fully saturated rings. The normalized spacial score (nSPS) is 14.9. The Morgan fingerprint density at radius 1 is 1.20 bits per heavy atom. The molecule has 0 aliphatic heterocycles. The predicted molar refractivity (Wildman–Crippen MR) is 95.2 cm³/mol. The van der Waals surface area contributed by atoms with Gasteiger partial charge in [-0.1, -0.05) is 0 Å². The van der Waals surface area contributed by atoms with Gasteiger partial charge >= 0.3 is 5.97 Å². The average Bonchev–Trinajstić information content (AvgIpc) is 2.48. The maximum atomic E-state index is 13.6. The summed E-state index contributed by atoms with van der Waals surface area (Å²) in [5.74, 6) is -1.76. The van der Waals surface area contributed by atoms with Crippen LogP contribution in [0.2, 0.25) is 0 Å². The van der Waals surface area contributed by atoms with Gasteiger partial charge in [-0.15, -0.1) is 4.72 Å². The Bertz CT molecular complexity index is 582. The molecule has 0 aromatic heterocycles. The van der Waals surface area contributed by atoms with E-state index in [1.165, 1.54) is 19.2 Å². The van der Waals surface area contributed by atoms with Crippen molar-refractivity contribution in [1.29, 1.82) is 0 Å². The van der Waals surface area contributed by atoms with Crippen molar-refractivity contribution in [3.05, 3.63) is 35.4 Å². The monoisotopic (exact) mass is 375 g/mol. The van der Waals surface area contributed by atoms with Crippen molar-refractivity contribution in [1.82, 2.24) is 4.72 Å². The second-order valence-electron chi connectivity index (χ2n) is 7.67. The van der Waals surface area contributed by atoms with E-state index in [0.717, 1.165) is 6.07 Å². The molecule has 0 aliphatic rings. The van der Waals surface area contributed by atoms with Crippen molar-refractivity contribution in [2.24, 2.45) is 5.41 Å². The van der Waals surface area contributed by atoms with Crippen molar-refractivity contribution < 1.29 is 22.9 Å². The number of carbonyl (C=O) groups excluding carboxylic acids is 1. The maximum Gasteiger partial charge on any atom is 0.311 e. The number of benzene rings is 1. The van der Waals surface area contributed by atoms with Crippen molar-refractivity contribution in [3.8, 4) is 0 Å². The highest BCUT2D eigenvalue weighted by Gasteiger charge is 2.33. The fourth-order valence-electron chi connectivity index (χ4n) is 2.26. The summed E-state index contributed by atoms with van der Waals surface area (Å²) in [5, 5.41) is 0. The number of hydrogen-bond donors (Lipinski definition) is 1. The van der Waals surface area contributed by atoms with E-state index in [1.54, 1.807) is 34.6 Å². The lowest BCUT2D eigenvalue weighted by molar-refractivity contribution is -0.151. The molecule has 2 atom stereocenters. The Morgan fingerprint density at radius 2 is 1.72 bits per heavy atom. The van der Waals surface area contributed by atoms with Crippen LogP contribution in [0.15, 0.2) is 18.2 Å². The zero-order valence-electron chi connectivity index (χ0n) is 15.6. The molecule has 0 bridgehead atoms. The molecule has 142 valence electrons. The second kappa shape index (κ2) is 8.47. The number of halogens is 2. The van der Waals surface area contributed by atoms with Crippen LogP contribution in [-0.4, -0.2) is 22.4 Å². The molecule has 1 aromatic carbocycles. The number of ether oxygens (including phenoxy) is 1. The molecule has 1 unspecified atom stereocenters. The third kappa shape index (κ3) is 6.56. The summed E-state index contributed by atoms with van der Waals surface area (Å²) in [5.41, 5.74) is -0.403. The van der Waals surface area contributed by atoms with Crippen LogP contribution >= 0.6 is 0 Å². The first-order chi connectivity index (χ1) is 11.4. The summed E-state index contributed by atoms with van der Waals surface area (Å²) in [7, 11) is 1.32. The number of nitrogens with one attached hydrogen (secondary N) is 1. The Kier molecular flexibility index (Phi) is 7.40. The van der Waals surface area contributed by atoms with E-state index in [0.29, 0.717) is 18.4 Å². The van der Waals surface area contributed by atoms with Crippen LogP contribution in [0.25, 0.3) is 0 Å². The molecule has 0 aliphatic carbocycles. The second-order valence-corrected chi connectivity index (χ2v) is 9.67. The minimum Gasteiger partial charge on any atom is -0.598 e. The zero-order chi connectivity index (χ0) is 19.4. The van der Waals surface area contributed by atoms with Gasteiger partial charge in [0.05, 0.1) is 18.6 Å². The molecule has 0 saturated heterocycles. The highest BCUT2D eigenvalue weighted by atomic mass is 32.2. The van der Waals surface area contributed by atoms with Crippen LogP contribution in [0.1, 0.15) is 59.1 Å². The lowest BCUT2D eigenvalue weighted by Crippen LogP contribution is -2.41. The van der Waals surface area contributed by atoms with E-state index in [9.17, 15) is 18.1 Å². The third-order valence-electron chi connectivity index (χ3n) is 3.89. The van der Waals surface area contributed by atoms with Gasteiger partial charge in [-0.3, -0.25) is 4.79 Å². The molecular formula is C18H27F2NO3S. The summed E-state index contributed by atoms with van der Waals surface area (Å²) in [4.78, 5) is 11.8. The fraction of sp³-hybridized carbons (Fsp3) is 0.611. The molecule has 0 saturated carbocycles. The standard InChI is InChI=1S/C18H27F2NO3S/c1-17(2,3)25(23)21-15(7-8-18(4,5)16(22)24-6)12-9-13(19)11-14(20)10-12/h9-11,15,21H,7-8H2,1-6H3/t15-,25?/m0/s1. The van der Waals surface area contributed by atoms with E-state index >= 15 is 0 Å². The lowest BCUT2D eigenvalue weighted by Gasteiger charge is -2.30. The zero-order valence-corrected chi connectivity index (χ0v) is 16.4. The van der Waals surface area contributed by atoms with Crippen LogP contribution in [-0.2, 0) is 20.9 Å². The van der Waals surface area contributed by atoms with Gasteiger partial charge in [0.1, 0.15) is 16.4 Å². The Labute approximate surface area is 151 Å². The highest BCUT2D eigenvalue weighted by Crippen LogP contribution is 2.31. The summed E-state index contributed by atoms with van der Waals surface area (Å²) in [6.45, 7) is 8.89. The SMILES string of the molecule is COC(=O)C(C)(C)CC[C@H](N[S+]([O-])C(C)(C)C)c1cc(F)cc(F)c1. The van der Waals surface area contributed by atoms with Crippen molar-refractivity contribution in [2.75, 3.05) is 7.11 Å². The largest absolute Gasteiger partial charge is 0.598 e. The summed E-state index contributed by atoms with van der Waals surface area (Å²) in [6.07, 6.45) is 0.767. The van der Waals surface area contributed by atoms with Crippen molar-refractivity contribution >= 4 is 17.3 Å². The maximum absolute atomic E-state index is 13.6. The van der Waals surface area contributed by atoms with E-state index in [2.05, 4.69) is 4.72 Å². The lowest BCUT2D eigenvalue weighted by atomic mass is 9.85. The molecular weight excluding hydrogens is 348 g/mol. The molecule has 1 N–H and O–H groups in total. The molecule has 0 spiro atoms. The first-order valence-electron chi connectivity index (χ1n) is 8.09.